The average molecular weight is 326 g/mol. The smallest absolute Gasteiger partial charge is 0.335 e. The number of amides is 1. The topological polar surface area (TPSA) is 104 Å². The maximum absolute atomic E-state index is 12.0. The van der Waals surface area contributed by atoms with Crippen LogP contribution < -0.4 is 5.32 Å². The Labute approximate surface area is 129 Å². The summed E-state index contributed by atoms with van der Waals surface area (Å²) in [5.74, 6) is -1.38. The van der Waals surface area contributed by atoms with Crippen LogP contribution in [0.25, 0.3) is 0 Å². The fraction of sp³-hybridized carbons (Fsp3) is 0.429. The van der Waals surface area contributed by atoms with Crippen LogP contribution in [-0.2, 0) is 10.0 Å². The van der Waals surface area contributed by atoms with E-state index in [4.69, 9.17) is 5.11 Å². The minimum Gasteiger partial charge on any atom is -0.478 e. The quantitative estimate of drug-likeness (QED) is 0.815. The summed E-state index contributed by atoms with van der Waals surface area (Å²) in [6, 6.07) is 5.79. The number of aromatic carboxylic acids is 1. The fourth-order valence-corrected chi connectivity index (χ4v) is 3.32. The first-order valence-electron chi connectivity index (χ1n) is 6.84. The van der Waals surface area contributed by atoms with Gasteiger partial charge in [-0.3, -0.25) is 4.79 Å². The van der Waals surface area contributed by atoms with E-state index in [1.54, 1.807) is 6.07 Å². The van der Waals surface area contributed by atoms with E-state index >= 15 is 0 Å². The van der Waals surface area contributed by atoms with Gasteiger partial charge in [0.15, 0.2) is 0 Å². The molecule has 1 saturated heterocycles. The lowest BCUT2D eigenvalue weighted by atomic mass is 10.1. The second-order valence-corrected chi connectivity index (χ2v) is 7.35. The largest absolute Gasteiger partial charge is 0.478 e. The second kappa shape index (κ2) is 6.45. The van der Waals surface area contributed by atoms with Crippen molar-refractivity contribution in [3.63, 3.8) is 0 Å². The molecule has 1 unspecified atom stereocenters. The van der Waals surface area contributed by atoms with Gasteiger partial charge < -0.3 is 10.4 Å². The van der Waals surface area contributed by atoms with Crippen LogP contribution in [0.15, 0.2) is 24.3 Å². The average Bonchev–Trinajstić information content (AvgIpc) is 2.94. The molecule has 0 radical (unpaired) electrons. The molecule has 7 nitrogen and oxygen atoms in total. The Morgan fingerprint density at radius 3 is 2.64 bits per heavy atom. The number of sulfonamides is 1. The molecular formula is C14H18N2O5S. The minimum absolute atomic E-state index is 0.0526. The van der Waals surface area contributed by atoms with Crippen LogP contribution in [0.1, 0.15) is 27.1 Å². The van der Waals surface area contributed by atoms with E-state index in [0.717, 1.165) is 0 Å². The van der Waals surface area contributed by atoms with Gasteiger partial charge in [0.1, 0.15) is 0 Å². The van der Waals surface area contributed by atoms with Crippen molar-refractivity contribution in [3.05, 3.63) is 35.4 Å². The molecule has 0 saturated carbocycles. The van der Waals surface area contributed by atoms with Crippen molar-refractivity contribution < 1.29 is 23.1 Å². The zero-order valence-electron chi connectivity index (χ0n) is 12.2. The van der Waals surface area contributed by atoms with Crippen molar-refractivity contribution in [2.24, 2.45) is 5.92 Å². The van der Waals surface area contributed by atoms with Gasteiger partial charge in [-0.2, -0.15) is 0 Å². The van der Waals surface area contributed by atoms with E-state index in [9.17, 15) is 18.0 Å². The number of carboxylic acid groups (broad SMARTS) is 1. The second-order valence-electron chi connectivity index (χ2n) is 5.37. The minimum atomic E-state index is -3.19. The van der Waals surface area contributed by atoms with E-state index in [1.165, 1.54) is 28.8 Å². The van der Waals surface area contributed by atoms with Gasteiger partial charge in [0.2, 0.25) is 10.0 Å². The fourth-order valence-electron chi connectivity index (χ4n) is 2.40. The summed E-state index contributed by atoms with van der Waals surface area (Å²) in [5, 5.41) is 11.6. The molecule has 0 aliphatic carbocycles. The summed E-state index contributed by atoms with van der Waals surface area (Å²) in [5.41, 5.74) is 0.328. The van der Waals surface area contributed by atoms with E-state index < -0.39 is 16.0 Å². The van der Waals surface area contributed by atoms with E-state index in [0.29, 0.717) is 26.1 Å². The number of nitrogens with zero attached hydrogens (tertiary/aromatic N) is 1. The van der Waals surface area contributed by atoms with Gasteiger partial charge in [0, 0.05) is 25.2 Å². The molecule has 1 aromatic rings. The number of carbonyl (C=O) groups is 2. The number of carbonyl (C=O) groups excluding carboxylic acids is 1. The molecule has 0 bridgehead atoms. The summed E-state index contributed by atoms with van der Waals surface area (Å²) < 4.78 is 24.2. The van der Waals surface area contributed by atoms with Gasteiger partial charge in [-0.05, 0) is 30.5 Å². The summed E-state index contributed by atoms with van der Waals surface area (Å²) in [7, 11) is -3.19. The Morgan fingerprint density at radius 1 is 1.36 bits per heavy atom. The zero-order valence-corrected chi connectivity index (χ0v) is 13.0. The summed E-state index contributed by atoms with van der Waals surface area (Å²) in [6.07, 6.45) is 1.87. The predicted molar refractivity (Wildman–Crippen MR) is 80.3 cm³/mol. The lowest BCUT2D eigenvalue weighted by molar-refractivity contribution is 0.0697. The van der Waals surface area contributed by atoms with Crippen molar-refractivity contribution in [2.75, 3.05) is 25.9 Å². The molecule has 1 heterocycles. The number of hydrogen-bond donors (Lipinski definition) is 2. The highest BCUT2D eigenvalue weighted by atomic mass is 32.2. The molecule has 1 fully saturated rings. The summed E-state index contributed by atoms with van der Waals surface area (Å²) in [6.45, 7) is 1.23. The number of carboxylic acids is 1. The third-order valence-corrected chi connectivity index (χ3v) is 4.91. The molecule has 22 heavy (non-hydrogen) atoms. The van der Waals surface area contributed by atoms with Gasteiger partial charge in [-0.1, -0.05) is 6.07 Å². The number of rotatable bonds is 5. The molecule has 1 aliphatic heterocycles. The van der Waals surface area contributed by atoms with E-state index in [2.05, 4.69) is 5.32 Å². The van der Waals surface area contributed by atoms with Crippen LogP contribution in [-0.4, -0.2) is 55.6 Å². The summed E-state index contributed by atoms with van der Waals surface area (Å²) >= 11 is 0. The molecule has 1 amide bonds. The summed E-state index contributed by atoms with van der Waals surface area (Å²) in [4.78, 5) is 22.9. The van der Waals surface area contributed by atoms with E-state index in [1.807, 2.05) is 0 Å². The van der Waals surface area contributed by atoms with Crippen LogP contribution in [0.5, 0.6) is 0 Å². The van der Waals surface area contributed by atoms with Crippen molar-refractivity contribution in [2.45, 2.75) is 6.42 Å². The monoisotopic (exact) mass is 326 g/mol. The molecule has 2 rings (SSSR count). The highest BCUT2D eigenvalue weighted by molar-refractivity contribution is 7.88. The van der Waals surface area contributed by atoms with Crippen LogP contribution in [0.2, 0.25) is 0 Å². The third kappa shape index (κ3) is 4.05. The molecule has 1 atom stereocenters. The molecule has 1 aromatic carbocycles. The number of benzene rings is 1. The maximum Gasteiger partial charge on any atom is 0.335 e. The molecule has 0 aromatic heterocycles. The Morgan fingerprint density at radius 2 is 2.05 bits per heavy atom. The molecule has 1 aliphatic rings. The Bertz CT molecular complexity index is 686. The van der Waals surface area contributed by atoms with Gasteiger partial charge in [-0.25, -0.2) is 17.5 Å². The zero-order chi connectivity index (χ0) is 16.3. The van der Waals surface area contributed by atoms with Crippen molar-refractivity contribution in [3.8, 4) is 0 Å². The normalized spacial score (nSPS) is 19.0. The van der Waals surface area contributed by atoms with Crippen molar-refractivity contribution in [1.29, 1.82) is 0 Å². The maximum atomic E-state index is 12.0. The van der Waals surface area contributed by atoms with Crippen LogP contribution in [0, 0.1) is 5.92 Å². The Kier molecular flexibility index (Phi) is 4.82. The lowest BCUT2D eigenvalue weighted by Crippen LogP contribution is -2.32. The standard InChI is InChI=1S/C14H18N2O5S/c1-22(20,21)16-6-5-10(9-16)8-15-13(17)11-3-2-4-12(7-11)14(18)19/h2-4,7,10H,5-6,8-9H2,1H3,(H,15,17)(H,18,19). The van der Waals surface area contributed by atoms with Gasteiger partial charge >= 0.3 is 5.97 Å². The lowest BCUT2D eigenvalue weighted by Gasteiger charge is -2.14. The molecular weight excluding hydrogens is 308 g/mol. The predicted octanol–water partition coefficient (Wildman–Crippen LogP) is 0.396. The van der Waals surface area contributed by atoms with E-state index in [-0.39, 0.29) is 23.0 Å². The molecule has 2 N–H and O–H groups in total. The Balaban J connectivity index is 1.91. The third-order valence-electron chi connectivity index (χ3n) is 3.64. The van der Waals surface area contributed by atoms with Crippen molar-refractivity contribution >= 4 is 21.9 Å². The highest BCUT2D eigenvalue weighted by Gasteiger charge is 2.28. The van der Waals surface area contributed by atoms with Crippen LogP contribution >= 0.6 is 0 Å². The molecule has 0 spiro atoms. The van der Waals surface area contributed by atoms with Crippen LogP contribution in [0.3, 0.4) is 0 Å². The van der Waals surface area contributed by atoms with Gasteiger partial charge in [0.25, 0.3) is 5.91 Å². The first-order valence-corrected chi connectivity index (χ1v) is 8.69. The van der Waals surface area contributed by atoms with Gasteiger partial charge in [0.05, 0.1) is 11.8 Å². The number of nitrogens with one attached hydrogen (secondary N) is 1. The Hall–Kier alpha value is -1.93. The molecule has 120 valence electrons. The molecule has 8 heteroatoms. The van der Waals surface area contributed by atoms with Crippen LogP contribution in [0.4, 0.5) is 0 Å². The number of hydrogen-bond acceptors (Lipinski definition) is 4. The highest BCUT2D eigenvalue weighted by Crippen LogP contribution is 2.18. The first kappa shape index (κ1) is 16.4. The SMILES string of the molecule is CS(=O)(=O)N1CCC(CNC(=O)c2cccc(C(=O)O)c2)C1. The van der Waals surface area contributed by atoms with Crippen molar-refractivity contribution in [1.82, 2.24) is 9.62 Å². The van der Waals surface area contributed by atoms with Gasteiger partial charge in [-0.15, -0.1) is 0 Å². The first-order chi connectivity index (χ1) is 10.3.